The molecule has 1 fully saturated rings. The summed E-state index contributed by atoms with van der Waals surface area (Å²) >= 11 is 0. The summed E-state index contributed by atoms with van der Waals surface area (Å²) in [5.74, 6) is 0.897. The maximum Gasteiger partial charge on any atom is 0.326 e. The van der Waals surface area contributed by atoms with Gasteiger partial charge in [0.05, 0.1) is 11.0 Å². The fourth-order valence-electron chi connectivity index (χ4n) is 4.54. The summed E-state index contributed by atoms with van der Waals surface area (Å²) in [6.45, 7) is 8.98. The Balaban J connectivity index is 1.34. The highest BCUT2D eigenvalue weighted by Crippen LogP contribution is 2.26. The van der Waals surface area contributed by atoms with E-state index in [4.69, 9.17) is 4.74 Å². The number of hydrogen-bond donors (Lipinski definition) is 1. The molecule has 0 radical (unpaired) electrons. The molecule has 6 heteroatoms. The van der Waals surface area contributed by atoms with Crippen LogP contribution < -0.4 is 10.4 Å². The van der Waals surface area contributed by atoms with E-state index in [1.807, 2.05) is 28.8 Å². The first-order valence-electron chi connectivity index (χ1n) is 11.3. The zero-order valence-corrected chi connectivity index (χ0v) is 18.6. The fourth-order valence-corrected chi connectivity index (χ4v) is 4.54. The highest BCUT2D eigenvalue weighted by molar-refractivity contribution is 5.75. The minimum absolute atomic E-state index is 0.0116. The molecule has 3 aromatic rings. The van der Waals surface area contributed by atoms with Crippen molar-refractivity contribution in [2.75, 3.05) is 19.6 Å². The van der Waals surface area contributed by atoms with Gasteiger partial charge < -0.3 is 14.6 Å². The molecule has 1 saturated heterocycles. The minimum atomic E-state index is -0.203. The molecule has 1 N–H and O–H groups in total. The van der Waals surface area contributed by atoms with E-state index in [-0.39, 0.29) is 23.7 Å². The summed E-state index contributed by atoms with van der Waals surface area (Å²) in [5, 5.41) is 0. The number of aryl methyl sites for hydroxylation is 1. The maximum absolute atomic E-state index is 13.5. The van der Waals surface area contributed by atoms with Crippen molar-refractivity contribution in [2.24, 2.45) is 5.92 Å². The van der Waals surface area contributed by atoms with Crippen molar-refractivity contribution >= 4 is 11.0 Å². The molecule has 1 atom stereocenters. The van der Waals surface area contributed by atoms with Gasteiger partial charge in [0.25, 0.3) is 0 Å². The van der Waals surface area contributed by atoms with Crippen molar-refractivity contribution < 1.29 is 9.13 Å². The lowest BCUT2D eigenvalue weighted by Gasteiger charge is -2.34. The van der Waals surface area contributed by atoms with Crippen molar-refractivity contribution in [3.63, 3.8) is 0 Å². The Labute approximate surface area is 182 Å². The van der Waals surface area contributed by atoms with Crippen LogP contribution in [0.15, 0.2) is 47.3 Å². The molecule has 1 aliphatic rings. The number of H-pyrrole nitrogens is 1. The average Bonchev–Trinajstić information content (AvgIpc) is 3.09. The Morgan fingerprint density at radius 1 is 1.16 bits per heavy atom. The summed E-state index contributed by atoms with van der Waals surface area (Å²) < 4.78 is 21.7. The molecule has 166 valence electrons. The molecular formula is C25H32FN3O2. The summed E-state index contributed by atoms with van der Waals surface area (Å²) in [4.78, 5) is 17.9. The van der Waals surface area contributed by atoms with Crippen LogP contribution in [0.3, 0.4) is 0 Å². The van der Waals surface area contributed by atoms with Gasteiger partial charge in [-0.2, -0.15) is 0 Å². The Kier molecular flexibility index (Phi) is 6.46. The highest BCUT2D eigenvalue weighted by Gasteiger charge is 2.25. The van der Waals surface area contributed by atoms with Gasteiger partial charge in [0, 0.05) is 25.7 Å². The van der Waals surface area contributed by atoms with E-state index in [0.717, 1.165) is 55.7 Å². The second-order valence-corrected chi connectivity index (χ2v) is 8.99. The molecule has 31 heavy (non-hydrogen) atoms. The number of para-hydroxylation sites is 2. The van der Waals surface area contributed by atoms with Crippen LogP contribution in [0, 0.1) is 18.7 Å². The Bertz CT molecular complexity index is 1080. The van der Waals surface area contributed by atoms with Crippen molar-refractivity contribution in [3.8, 4) is 5.75 Å². The molecule has 1 aliphatic heterocycles. The summed E-state index contributed by atoms with van der Waals surface area (Å²) in [6.07, 6.45) is 2.93. The van der Waals surface area contributed by atoms with Crippen molar-refractivity contribution in [3.05, 3.63) is 64.3 Å². The molecule has 0 bridgehead atoms. The van der Waals surface area contributed by atoms with E-state index in [1.54, 1.807) is 19.1 Å². The van der Waals surface area contributed by atoms with Gasteiger partial charge in [-0.25, -0.2) is 9.18 Å². The van der Waals surface area contributed by atoms with Crippen LogP contribution in [0.1, 0.15) is 44.7 Å². The quantitative estimate of drug-likeness (QED) is 0.585. The lowest BCUT2D eigenvalue weighted by Crippen LogP contribution is -2.39. The van der Waals surface area contributed by atoms with Gasteiger partial charge in [-0.15, -0.1) is 0 Å². The molecule has 5 nitrogen and oxygen atoms in total. The standard InChI is InChI=1S/C25H32FN3O2/c1-17(2)24(31-20-8-9-21(26)18(3)16-20)12-15-28-13-10-19(11-14-28)29-23-7-5-4-6-22(23)27-25(29)30/h4-9,16-17,19,24H,10-15H2,1-3H3,(H,27,30). The van der Waals surface area contributed by atoms with E-state index in [2.05, 4.69) is 23.7 Å². The highest BCUT2D eigenvalue weighted by atomic mass is 19.1. The van der Waals surface area contributed by atoms with Gasteiger partial charge >= 0.3 is 5.69 Å². The number of benzene rings is 2. The molecule has 2 heterocycles. The van der Waals surface area contributed by atoms with Gasteiger partial charge in [0.1, 0.15) is 17.7 Å². The smallest absolute Gasteiger partial charge is 0.326 e. The lowest BCUT2D eigenvalue weighted by atomic mass is 10.0. The summed E-state index contributed by atoms with van der Waals surface area (Å²) in [6, 6.07) is 13.1. The number of fused-ring (bicyclic) bond motifs is 1. The normalized spacial score (nSPS) is 16.8. The van der Waals surface area contributed by atoms with Gasteiger partial charge in [-0.1, -0.05) is 26.0 Å². The average molecular weight is 426 g/mol. The second-order valence-electron chi connectivity index (χ2n) is 8.99. The number of imidazole rings is 1. The summed E-state index contributed by atoms with van der Waals surface area (Å²) in [5.41, 5.74) is 2.49. The summed E-state index contributed by atoms with van der Waals surface area (Å²) in [7, 11) is 0. The Morgan fingerprint density at radius 3 is 2.61 bits per heavy atom. The maximum atomic E-state index is 13.5. The van der Waals surface area contributed by atoms with E-state index >= 15 is 0 Å². The first kappa shape index (κ1) is 21.6. The Morgan fingerprint density at radius 2 is 1.90 bits per heavy atom. The van der Waals surface area contributed by atoms with Crippen molar-refractivity contribution in [1.29, 1.82) is 0 Å². The zero-order valence-electron chi connectivity index (χ0n) is 18.6. The van der Waals surface area contributed by atoms with Crippen LogP contribution in [0.2, 0.25) is 0 Å². The van der Waals surface area contributed by atoms with E-state index < -0.39 is 0 Å². The van der Waals surface area contributed by atoms with Gasteiger partial charge in [-0.3, -0.25) is 4.57 Å². The number of halogens is 1. The third-order valence-electron chi connectivity index (χ3n) is 6.44. The number of aromatic nitrogens is 2. The number of ether oxygens (including phenoxy) is 1. The van der Waals surface area contributed by atoms with Crippen molar-refractivity contribution in [2.45, 2.75) is 52.2 Å². The van der Waals surface area contributed by atoms with Crippen LogP contribution >= 0.6 is 0 Å². The predicted molar refractivity (Wildman–Crippen MR) is 122 cm³/mol. The molecule has 1 aromatic heterocycles. The van der Waals surface area contributed by atoms with Crippen LogP contribution in [-0.4, -0.2) is 40.2 Å². The predicted octanol–water partition coefficient (Wildman–Crippen LogP) is 4.91. The largest absolute Gasteiger partial charge is 0.490 e. The molecular weight excluding hydrogens is 393 g/mol. The van der Waals surface area contributed by atoms with E-state index in [9.17, 15) is 9.18 Å². The Hall–Kier alpha value is -2.60. The number of hydrogen-bond acceptors (Lipinski definition) is 3. The van der Waals surface area contributed by atoms with Gasteiger partial charge in [0.15, 0.2) is 0 Å². The van der Waals surface area contributed by atoms with E-state index in [0.29, 0.717) is 11.5 Å². The molecule has 0 spiro atoms. The van der Waals surface area contributed by atoms with Crippen LogP contribution in [0.25, 0.3) is 11.0 Å². The fraction of sp³-hybridized carbons (Fsp3) is 0.480. The zero-order chi connectivity index (χ0) is 22.0. The molecule has 1 unspecified atom stereocenters. The van der Waals surface area contributed by atoms with Crippen LogP contribution in [-0.2, 0) is 0 Å². The van der Waals surface area contributed by atoms with Crippen LogP contribution in [0.4, 0.5) is 4.39 Å². The van der Waals surface area contributed by atoms with Gasteiger partial charge in [-0.05, 0) is 68.0 Å². The molecule has 0 aliphatic carbocycles. The SMILES string of the molecule is Cc1cc(OC(CCN2CCC(n3c(=O)[nH]c4ccccc43)CC2)C(C)C)ccc1F. The minimum Gasteiger partial charge on any atom is -0.490 e. The van der Waals surface area contributed by atoms with E-state index in [1.165, 1.54) is 6.07 Å². The number of rotatable bonds is 7. The first-order chi connectivity index (χ1) is 14.9. The van der Waals surface area contributed by atoms with Gasteiger partial charge in [0.2, 0.25) is 0 Å². The first-order valence-corrected chi connectivity index (χ1v) is 11.3. The molecule has 4 rings (SSSR count). The number of piperidine rings is 1. The number of nitrogens with one attached hydrogen (secondary N) is 1. The third-order valence-corrected chi connectivity index (χ3v) is 6.44. The topological polar surface area (TPSA) is 50.3 Å². The molecule has 0 amide bonds. The monoisotopic (exact) mass is 425 g/mol. The molecule has 2 aromatic carbocycles. The number of nitrogens with zero attached hydrogens (tertiary/aromatic N) is 2. The lowest BCUT2D eigenvalue weighted by molar-refractivity contribution is 0.109. The second kappa shape index (κ2) is 9.27. The van der Waals surface area contributed by atoms with Crippen LogP contribution in [0.5, 0.6) is 5.75 Å². The number of aromatic amines is 1. The molecule has 0 saturated carbocycles. The van der Waals surface area contributed by atoms with Crippen molar-refractivity contribution in [1.82, 2.24) is 14.5 Å². The third kappa shape index (κ3) is 4.85. The number of likely N-dealkylation sites (tertiary alicyclic amines) is 1.